The standard InChI is InChI=1S/C13H15NO5/c1-8(13(16)17)14-12(15)7-9-2-3-10-11(6-9)19-5-4-18-10/h2-3,6,8H,4-5,7H2,1H3,(H,14,15)(H,16,17)/t8-/m1/s1. The first kappa shape index (κ1) is 13.2. The lowest BCUT2D eigenvalue weighted by Gasteiger charge is -2.18. The summed E-state index contributed by atoms with van der Waals surface area (Å²) in [6.45, 7) is 2.42. The smallest absolute Gasteiger partial charge is 0.325 e. The average molecular weight is 265 g/mol. The Morgan fingerprint density at radius 3 is 2.68 bits per heavy atom. The van der Waals surface area contributed by atoms with Gasteiger partial charge < -0.3 is 19.9 Å². The Balaban J connectivity index is 1.99. The molecule has 1 heterocycles. The molecule has 0 saturated heterocycles. The Hall–Kier alpha value is -2.24. The van der Waals surface area contributed by atoms with Gasteiger partial charge in [-0.15, -0.1) is 0 Å². The molecule has 0 fully saturated rings. The number of ether oxygens (including phenoxy) is 2. The van der Waals surface area contributed by atoms with E-state index in [4.69, 9.17) is 14.6 Å². The fourth-order valence-electron chi connectivity index (χ4n) is 1.74. The Morgan fingerprint density at radius 1 is 1.32 bits per heavy atom. The van der Waals surface area contributed by atoms with E-state index in [9.17, 15) is 9.59 Å². The van der Waals surface area contributed by atoms with Crippen molar-refractivity contribution in [1.29, 1.82) is 0 Å². The first-order valence-electron chi connectivity index (χ1n) is 5.97. The van der Waals surface area contributed by atoms with E-state index >= 15 is 0 Å². The second-order valence-electron chi connectivity index (χ2n) is 4.28. The molecular formula is C13H15NO5. The van der Waals surface area contributed by atoms with Crippen LogP contribution in [-0.4, -0.2) is 36.2 Å². The summed E-state index contributed by atoms with van der Waals surface area (Å²) in [7, 11) is 0. The maximum atomic E-state index is 11.6. The molecule has 1 aromatic carbocycles. The summed E-state index contributed by atoms with van der Waals surface area (Å²) in [4.78, 5) is 22.3. The first-order chi connectivity index (χ1) is 9.06. The summed E-state index contributed by atoms with van der Waals surface area (Å²) < 4.78 is 10.8. The van der Waals surface area contributed by atoms with Gasteiger partial charge in [0.1, 0.15) is 19.3 Å². The summed E-state index contributed by atoms with van der Waals surface area (Å²) in [5.41, 5.74) is 0.749. The monoisotopic (exact) mass is 265 g/mol. The van der Waals surface area contributed by atoms with Crippen molar-refractivity contribution in [3.63, 3.8) is 0 Å². The molecule has 1 aliphatic heterocycles. The van der Waals surface area contributed by atoms with Gasteiger partial charge in [-0.25, -0.2) is 0 Å². The van der Waals surface area contributed by atoms with E-state index in [2.05, 4.69) is 5.32 Å². The Morgan fingerprint density at radius 2 is 2.00 bits per heavy atom. The molecule has 1 amide bonds. The zero-order valence-electron chi connectivity index (χ0n) is 10.5. The van der Waals surface area contributed by atoms with E-state index in [1.165, 1.54) is 6.92 Å². The summed E-state index contributed by atoms with van der Waals surface area (Å²) >= 11 is 0. The van der Waals surface area contributed by atoms with Gasteiger partial charge in [-0.05, 0) is 24.6 Å². The van der Waals surface area contributed by atoms with Crippen LogP contribution in [0.5, 0.6) is 11.5 Å². The van der Waals surface area contributed by atoms with Crippen molar-refractivity contribution in [3.05, 3.63) is 23.8 Å². The predicted octanol–water partition coefficient (Wildman–Crippen LogP) is 0.590. The highest BCUT2D eigenvalue weighted by atomic mass is 16.6. The largest absolute Gasteiger partial charge is 0.486 e. The number of carboxylic acids is 1. The second kappa shape index (κ2) is 5.60. The van der Waals surface area contributed by atoms with Gasteiger partial charge in [-0.3, -0.25) is 9.59 Å². The second-order valence-corrected chi connectivity index (χ2v) is 4.28. The maximum Gasteiger partial charge on any atom is 0.325 e. The highest BCUT2D eigenvalue weighted by molar-refractivity contribution is 5.84. The number of hydrogen-bond acceptors (Lipinski definition) is 4. The SMILES string of the molecule is C[C@@H](NC(=O)Cc1ccc2c(c1)OCCO2)C(=O)O. The lowest BCUT2D eigenvalue weighted by atomic mass is 10.1. The number of rotatable bonds is 4. The van der Waals surface area contributed by atoms with Crippen molar-refractivity contribution in [2.75, 3.05) is 13.2 Å². The number of carbonyl (C=O) groups excluding carboxylic acids is 1. The van der Waals surface area contributed by atoms with E-state index in [0.29, 0.717) is 24.7 Å². The number of hydrogen-bond donors (Lipinski definition) is 2. The van der Waals surface area contributed by atoms with Crippen LogP contribution in [0.3, 0.4) is 0 Å². The number of aliphatic carboxylic acids is 1. The number of fused-ring (bicyclic) bond motifs is 1. The van der Waals surface area contributed by atoms with Crippen LogP contribution in [0.1, 0.15) is 12.5 Å². The third-order valence-electron chi connectivity index (χ3n) is 2.72. The van der Waals surface area contributed by atoms with Crippen LogP contribution < -0.4 is 14.8 Å². The van der Waals surface area contributed by atoms with Crippen molar-refractivity contribution in [3.8, 4) is 11.5 Å². The number of benzene rings is 1. The third-order valence-corrected chi connectivity index (χ3v) is 2.72. The molecule has 1 atom stereocenters. The Labute approximate surface area is 110 Å². The Kier molecular flexibility index (Phi) is 3.89. The Bertz CT molecular complexity index is 500. The summed E-state index contributed by atoms with van der Waals surface area (Å²) in [6.07, 6.45) is 0.105. The minimum absolute atomic E-state index is 0.105. The van der Waals surface area contributed by atoms with Crippen molar-refractivity contribution in [1.82, 2.24) is 5.32 Å². The quantitative estimate of drug-likeness (QED) is 0.832. The van der Waals surface area contributed by atoms with E-state index in [-0.39, 0.29) is 12.3 Å². The zero-order valence-corrected chi connectivity index (χ0v) is 10.5. The maximum absolute atomic E-state index is 11.6. The fraction of sp³-hybridized carbons (Fsp3) is 0.385. The molecule has 6 nitrogen and oxygen atoms in total. The van der Waals surface area contributed by atoms with Crippen molar-refractivity contribution in [2.24, 2.45) is 0 Å². The lowest BCUT2D eigenvalue weighted by Crippen LogP contribution is -2.39. The van der Waals surface area contributed by atoms with Crippen LogP contribution in [0.15, 0.2) is 18.2 Å². The lowest BCUT2D eigenvalue weighted by molar-refractivity contribution is -0.141. The molecule has 0 saturated carbocycles. The first-order valence-corrected chi connectivity index (χ1v) is 5.97. The highest BCUT2D eigenvalue weighted by Gasteiger charge is 2.16. The molecule has 102 valence electrons. The molecule has 2 rings (SSSR count). The molecule has 6 heteroatoms. The summed E-state index contributed by atoms with van der Waals surface area (Å²) in [5.74, 6) is -0.126. The van der Waals surface area contributed by atoms with Gasteiger partial charge in [-0.1, -0.05) is 6.07 Å². The molecule has 0 aliphatic carbocycles. The van der Waals surface area contributed by atoms with Crippen molar-refractivity contribution < 1.29 is 24.2 Å². The normalized spacial score (nSPS) is 14.6. The van der Waals surface area contributed by atoms with E-state index in [1.54, 1.807) is 18.2 Å². The van der Waals surface area contributed by atoms with Crippen molar-refractivity contribution >= 4 is 11.9 Å². The molecule has 0 aromatic heterocycles. The van der Waals surface area contributed by atoms with Crippen LogP contribution in [-0.2, 0) is 16.0 Å². The van der Waals surface area contributed by atoms with Gasteiger partial charge in [0, 0.05) is 0 Å². The predicted molar refractivity (Wildman–Crippen MR) is 66.4 cm³/mol. The summed E-state index contributed by atoms with van der Waals surface area (Å²) in [6, 6.07) is 4.35. The molecule has 0 unspecified atom stereocenters. The van der Waals surface area contributed by atoms with E-state index in [0.717, 1.165) is 5.56 Å². The molecule has 1 aromatic rings. The van der Waals surface area contributed by atoms with Gasteiger partial charge in [-0.2, -0.15) is 0 Å². The molecule has 0 bridgehead atoms. The van der Waals surface area contributed by atoms with Gasteiger partial charge in [0.05, 0.1) is 6.42 Å². The topological polar surface area (TPSA) is 84.9 Å². The van der Waals surface area contributed by atoms with Crippen LogP contribution in [0.4, 0.5) is 0 Å². The van der Waals surface area contributed by atoms with E-state index in [1.807, 2.05) is 0 Å². The fourth-order valence-corrected chi connectivity index (χ4v) is 1.74. The van der Waals surface area contributed by atoms with Crippen LogP contribution in [0.2, 0.25) is 0 Å². The molecule has 2 N–H and O–H groups in total. The number of amides is 1. The van der Waals surface area contributed by atoms with Crippen LogP contribution >= 0.6 is 0 Å². The molecule has 0 radical (unpaired) electrons. The van der Waals surface area contributed by atoms with Crippen LogP contribution in [0, 0.1) is 0 Å². The molecule has 1 aliphatic rings. The van der Waals surface area contributed by atoms with Crippen molar-refractivity contribution in [2.45, 2.75) is 19.4 Å². The van der Waals surface area contributed by atoms with Gasteiger partial charge in [0.2, 0.25) is 5.91 Å². The minimum atomic E-state index is -1.06. The van der Waals surface area contributed by atoms with E-state index < -0.39 is 12.0 Å². The van der Waals surface area contributed by atoms with Gasteiger partial charge in [0.15, 0.2) is 11.5 Å². The zero-order chi connectivity index (χ0) is 13.8. The number of carboxylic acid groups (broad SMARTS) is 1. The number of nitrogens with one attached hydrogen (secondary N) is 1. The average Bonchev–Trinajstić information content (AvgIpc) is 2.38. The third kappa shape index (κ3) is 3.37. The van der Waals surface area contributed by atoms with Crippen LogP contribution in [0.25, 0.3) is 0 Å². The summed E-state index contributed by atoms with van der Waals surface area (Å²) in [5, 5.41) is 11.1. The van der Waals surface area contributed by atoms with Gasteiger partial charge in [0.25, 0.3) is 0 Å². The number of carbonyl (C=O) groups is 2. The highest BCUT2D eigenvalue weighted by Crippen LogP contribution is 2.30. The molecule has 0 spiro atoms. The minimum Gasteiger partial charge on any atom is -0.486 e. The van der Waals surface area contributed by atoms with Gasteiger partial charge >= 0.3 is 5.97 Å². The molecule has 19 heavy (non-hydrogen) atoms. The molecular weight excluding hydrogens is 250 g/mol.